The van der Waals surface area contributed by atoms with Crippen molar-refractivity contribution in [3.8, 4) is 28.7 Å². The van der Waals surface area contributed by atoms with Gasteiger partial charge in [0.2, 0.25) is 5.82 Å². The van der Waals surface area contributed by atoms with E-state index < -0.39 is 18.1 Å². The van der Waals surface area contributed by atoms with Crippen molar-refractivity contribution in [3.63, 3.8) is 0 Å². The highest BCUT2D eigenvalue weighted by molar-refractivity contribution is 6.33. The van der Waals surface area contributed by atoms with E-state index in [4.69, 9.17) is 23.6 Å². The molecule has 4 heterocycles. The molecule has 7 nitrogen and oxygen atoms in total. The van der Waals surface area contributed by atoms with E-state index in [2.05, 4.69) is 27.0 Å². The van der Waals surface area contributed by atoms with Gasteiger partial charge in [0.15, 0.2) is 5.65 Å². The average Bonchev–Trinajstić information content (AvgIpc) is 3.50. The third-order valence-corrected chi connectivity index (χ3v) is 5.57. The number of hydrogen-bond acceptors (Lipinski definition) is 6. The summed E-state index contributed by atoms with van der Waals surface area (Å²) in [7, 11) is 0. The molecule has 0 spiro atoms. The second-order valence-corrected chi connectivity index (χ2v) is 8.25. The molecule has 0 unspecified atom stereocenters. The van der Waals surface area contributed by atoms with Crippen LogP contribution in [0.15, 0.2) is 53.5 Å². The molecular formula is C23H19ClF3N5O2. The summed E-state index contributed by atoms with van der Waals surface area (Å²) in [5.41, 5.74) is 1.20. The van der Waals surface area contributed by atoms with E-state index in [0.717, 1.165) is 17.8 Å². The van der Waals surface area contributed by atoms with Crippen LogP contribution in [0.25, 0.3) is 28.6 Å². The van der Waals surface area contributed by atoms with Crippen LogP contribution in [0.4, 0.5) is 13.2 Å². The molecule has 0 amide bonds. The molecular weight excluding hydrogens is 471 g/mol. The monoisotopic (exact) mass is 491 g/mol. The van der Waals surface area contributed by atoms with E-state index in [1.807, 2.05) is 6.92 Å². The Morgan fingerprint density at radius 1 is 1.32 bits per heavy atom. The summed E-state index contributed by atoms with van der Waals surface area (Å²) in [6.07, 6.45) is -3.51. The molecule has 0 saturated carbocycles. The van der Waals surface area contributed by atoms with Gasteiger partial charge in [-0.2, -0.15) is 18.2 Å². The van der Waals surface area contributed by atoms with Gasteiger partial charge in [0.1, 0.15) is 18.1 Å². The van der Waals surface area contributed by atoms with Crippen LogP contribution >= 0.6 is 11.6 Å². The predicted octanol–water partition coefficient (Wildman–Crippen LogP) is 5.68. The number of ether oxygens (including phenoxy) is 1. The molecule has 0 radical (unpaired) electrons. The molecule has 1 atom stereocenters. The molecule has 34 heavy (non-hydrogen) atoms. The Kier molecular flexibility index (Phi) is 4.89. The number of nitrogens with one attached hydrogen (secondary N) is 1. The van der Waals surface area contributed by atoms with E-state index in [-0.39, 0.29) is 47.1 Å². The van der Waals surface area contributed by atoms with Gasteiger partial charge in [0.25, 0.3) is 5.89 Å². The molecule has 5 rings (SSSR count). The first-order valence-corrected chi connectivity index (χ1v) is 10.6. The van der Waals surface area contributed by atoms with Crippen molar-refractivity contribution in [1.82, 2.24) is 24.8 Å². The number of alkyl halides is 3. The summed E-state index contributed by atoms with van der Waals surface area (Å²) in [5.74, 6) is 0.914. The first-order chi connectivity index (χ1) is 16.9. The zero-order valence-electron chi connectivity index (χ0n) is 19.8. The fraction of sp³-hybridized carbons (Fsp3) is 0.261. The minimum Gasteiger partial charge on any atom is -0.491 e. The Labute approximate surface area is 200 Å². The van der Waals surface area contributed by atoms with Crippen LogP contribution in [-0.4, -0.2) is 32.2 Å². The maximum Gasteiger partial charge on any atom is 0.417 e. The van der Waals surface area contributed by atoms with E-state index in [1.54, 1.807) is 18.2 Å². The number of benzene rings is 1. The second kappa shape index (κ2) is 8.35. The molecule has 1 aromatic carbocycles. The predicted molar refractivity (Wildman–Crippen MR) is 119 cm³/mol. The van der Waals surface area contributed by atoms with Crippen molar-refractivity contribution in [1.29, 1.82) is 0 Å². The van der Waals surface area contributed by atoms with Crippen LogP contribution in [0.3, 0.4) is 0 Å². The minimum absolute atomic E-state index is 0.0260. The summed E-state index contributed by atoms with van der Waals surface area (Å²) in [5, 5.41) is 6.82. The molecule has 4 aromatic rings. The van der Waals surface area contributed by atoms with Crippen LogP contribution < -0.4 is 10.1 Å². The van der Waals surface area contributed by atoms with Gasteiger partial charge in [0, 0.05) is 26.4 Å². The van der Waals surface area contributed by atoms with Gasteiger partial charge < -0.3 is 19.0 Å². The highest BCUT2D eigenvalue weighted by atomic mass is 35.5. The summed E-state index contributed by atoms with van der Waals surface area (Å²) in [6.45, 7) is 5.83. The van der Waals surface area contributed by atoms with Crippen LogP contribution in [0, 0.1) is 6.92 Å². The number of nitrogens with zero attached hydrogens (tertiary/aromatic N) is 4. The standard InChI is InChI=1S/C23H19ClF3N5O2/c1-12-7-14(4-6-19(12)33-11-16-5-3-13(2)28-16)20-30-22(34-31-20)18-10-32-9-15(23(25,26)27)8-17(24)21(32)29-18/h4,6-10,16,28H,2-3,5,11H2,1H3/t16-/m1/s1/i3D2. The fourth-order valence-electron chi connectivity index (χ4n) is 3.60. The van der Waals surface area contributed by atoms with Gasteiger partial charge in [-0.1, -0.05) is 23.3 Å². The number of allylic oxidation sites excluding steroid dienone is 1. The summed E-state index contributed by atoms with van der Waals surface area (Å²) < 4.78 is 67.4. The highest BCUT2D eigenvalue weighted by Gasteiger charge is 2.32. The summed E-state index contributed by atoms with van der Waals surface area (Å²) in [4.78, 5) is 8.56. The number of fused-ring (bicyclic) bond motifs is 1. The molecule has 0 aliphatic carbocycles. The van der Waals surface area contributed by atoms with Gasteiger partial charge >= 0.3 is 6.18 Å². The lowest BCUT2D eigenvalue weighted by Crippen LogP contribution is -2.27. The number of imidazole rings is 1. The first kappa shape index (κ1) is 19.9. The number of pyridine rings is 1. The Morgan fingerprint density at radius 3 is 2.85 bits per heavy atom. The lowest BCUT2D eigenvalue weighted by molar-refractivity contribution is -0.137. The minimum atomic E-state index is -4.55. The second-order valence-electron chi connectivity index (χ2n) is 7.85. The molecule has 1 N–H and O–H groups in total. The molecule has 1 saturated heterocycles. The number of aryl methyl sites for hydroxylation is 1. The Balaban J connectivity index is 1.34. The topological polar surface area (TPSA) is 77.5 Å². The third kappa shape index (κ3) is 4.33. The van der Waals surface area contributed by atoms with Crippen molar-refractivity contribution < 1.29 is 25.2 Å². The molecule has 3 aromatic heterocycles. The summed E-state index contributed by atoms with van der Waals surface area (Å²) >= 11 is 6.00. The van der Waals surface area contributed by atoms with Crippen molar-refractivity contribution in [2.75, 3.05) is 6.61 Å². The normalized spacial score (nSPS) is 18.6. The Morgan fingerprint density at radius 2 is 2.15 bits per heavy atom. The van der Waals surface area contributed by atoms with Crippen molar-refractivity contribution in [2.45, 2.75) is 31.9 Å². The van der Waals surface area contributed by atoms with Gasteiger partial charge in [0.05, 0.1) is 16.6 Å². The van der Waals surface area contributed by atoms with Crippen molar-refractivity contribution in [2.24, 2.45) is 0 Å². The van der Waals surface area contributed by atoms with E-state index in [9.17, 15) is 13.2 Å². The van der Waals surface area contributed by atoms with Gasteiger partial charge in [-0.05, 0) is 49.5 Å². The van der Waals surface area contributed by atoms with Crippen LogP contribution in [0.2, 0.25) is 5.02 Å². The maximum atomic E-state index is 13.1. The largest absolute Gasteiger partial charge is 0.491 e. The maximum absolute atomic E-state index is 13.1. The number of rotatable bonds is 5. The molecule has 11 heteroatoms. The fourth-order valence-corrected chi connectivity index (χ4v) is 3.85. The smallest absolute Gasteiger partial charge is 0.417 e. The molecule has 1 aliphatic rings. The lowest BCUT2D eigenvalue weighted by Gasteiger charge is -2.14. The zero-order chi connectivity index (χ0) is 25.8. The zero-order valence-corrected chi connectivity index (χ0v) is 18.5. The van der Waals surface area contributed by atoms with Crippen molar-refractivity contribution >= 4 is 17.2 Å². The molecule has 0 bridgehead atoms. The molecule has 1 aliphatic heterocycles. The summed E-state index contributed by atoms with van der Waals surface area (Å²) in [6, 6.07) is 5.93. The van der Waals surface area contributed by atoms with Crippen molar-refractivity contribution in [3.05, 3.63) is 65.1 Å². The van der Waals surface area contributed by atoms with Gasteiger partial charge in [-0.3, -0.25) is 0 Å². The highest BCUT2D eigenvalue weighted by Crippen LogP contribution is 2.33. The van der Waals surface area contributed by atoms with Gasteiger partial charge in [-0.15, -0.1) is 0 Å². The quantitative estimate of drug-likeness (QED) is 0.387. The van der Waals surface area contributed by atoms with Crippen LogP contribution in [0.5, 0.6) is 5.75 Å². The number of halogens is 4. The average molecular weight is 492 g/mol. The SMILES string of the molecule is [2H]C1([2H])C[C@H](COc2ccc(-c3noc(-c4cn5cc(C(F)(F)F)cc(Cl)c5n4)n3)cc2C)NC1=C. The third-order valence-electron chi connectivity index (χ3n) is 5.29. The Bertz CT molecular complexity index is 1480. The van der Waals surface area contributed by atoms with E-state index in [1.165, 1.54) is 10.6 Å². The first-order valence-electron chi connectivity index (χ1n) is 11.2. The Hall–Kier alpha value is -3.53. The van der Waals surface area contributed by atoms with E-state index in [0.29, 0.717) is 17.0 Å². The van der Waals surface area contributed by atoms with Crippen LogP contribution in [0.1, 0.15) is 26.7 Å². The van der Waals surface area contributed by atoms with Crippen LogP contribution in [-0.2, 0) is 6.18 Å². The molecule has 1 fully saturated rings. The van der Waals surface area contributed by atoms with Gasteiger partial charge in [-0.25, -0.2) is 4.98 Å². The number of aromatic nitrogens is 4. The van der Waals surface area contributed by atoms with E-state index >= 15 is 0 Å². The lowest BCUT2D eigenvalue weighted by atomic mass is 10.1. The number of hydrogen-bond donors (Lipinski definition) is 1. The molecule has 176 valence electrons.